The number of nitrogens with one attached hydrogen (secondary N) is 1. The molecule has 0 atom stereocenters. The van der Waals surface area contributed by atoms with Crippen LogP contribution >= 0.6 is 11.6 Å². The highest BCUT2D eigenvalue weighted by Crippen LogP contribution is 2.29. The molecule has 0 bridgehead atoms. The lowest BCUT2D eigenvalue weighted by atomic mass is 10.1. The summed E-state index contributed by atoms with van der Waals surface area (Å²) in [6.07, 6.45) is 1.34. The molecule has 1 amide bonds. The molecule has 0 aliphatic rings. The molecule has 2 aromatic carbocycles. The number of carbonyl (C=O) groups is 2. The normalized spacial score (nSPS) is 11.0. The van der Waals surface area contributed by atoms with E-state index in [4.69, 9.17) is 26.2 Å². The topological polar surface area (TPSA) is 84.9 Å². The molecule has 2 N–H and O–H groups in total. The van der Waals surface area contributed by atoms with Crippen molar-refractivity contribution in [3.8, 4) is 11.5 Å². The number of ether oxygens (including phenoxy) is 2. The van der Waals surface area contributed by atoms with Crippen LogP contribution in [0.1, 0.15) is 18.1 Å². The van der Waals surface area contributed by atoms with Gasteiger partial charge in [-0.25, -0.2) is 4.79 Å². The summed E-state index contributed by atoms with van der Waals surface area (Å²) in [7, 11) is 1.49. The Kier molecular flexibility index (Phi) is 6.63. The van der Waals surface area contributed by atoms with Crippen LogP contribution < -0.4 is 14.8 Å². The van der Waals surface area contributed by atoms with Crippen molar-refractivity contribution in [1.82, 2.24) is 5.32 Å². The zero-order valence-corrected chi connectivity index (χ0v) is 15.0. The lowest BCUT2D eigenvalue weighted by Crippen LogP contribution is -2.24. The number of methoxy groups -OCH3 is 1. The average Bonchev–Trinajstić information content (AvgIpc) is 2.60. The first-order valence-electron chi connectivity index (χ1n) is 7.67. The summed E-state index contributed by atoms with van der Waals surface area (Å²) >= 11 is 5.85. The minimum Gasteiger partial charge on any atom is -0.493 e. The van der Waals surface area contributed by atoms with Crippen LogP contribution in [0.2, 0.25) is 5.02 Å². The number of aliphatic carboxylic acids is 1. The minimum absolute atomic E-state index is 0.227. The lowest BCUT2D eigenvalue weighted by Gasteiger charge is -2.12. The quantitative estimate of drug-likeness (QED) is 0.723. The van der Waals surface area contributed by atoms with Gasteiger partial charge in [-0.15, -0.1) is 0 Å². The van der Waals surface area contributed by atoms with Gasteiger partial charge in [-0.3, -0.25) is 4.79 Å². The van der Waals surface area contributed by atoms with Crippen molar-refractivity contribution in [2.24, 2.45) is 0 Å². The van der Waals surface area contributed by atoms with Crippen LogP contribution in [-0.2, 0) is 16.2 Å². The van der Waals surface area contributed by atoms with E-state index >= 15 is 0 Å². The molecule has 0 radical (unpaired) electrons. The van der Waals surface area contributed by atoms with E-state index in [1.165, 1.54) is 20.1 Å². The van der Waals surface area contributed by atoms with Gasteiger partial charge >= 0.3 is 5.97 Å². The van der Waals surface area contributed by atoms with Gasteiger partial charge in [0.25, 0.3) is 0 Å². The largest absolute Gasteiger partial charge is 0.493 e. The fraction of sp³-hybridized carbons (Fsp3) is 0.158. The standard InChI is InChI=1S/C19H18ClNO5/c1-12(22)21-16(19(23)24)9-14-5-8-17(18(10-14)25-2)26-11-13-3-6-15(20)7-4-13/h3-10H,11H2,1-2H3,(H,21,22)(H,23,24)/b16-9+. The Bertz CT molecular complexity index is 830. The van der Waals surface area contributed by atoms with E-state index in [1.54, 1.807) is 30.3 Å². The van der Waals surface area contributed by atoms with Crippen molar-refractivity contribution < 1.29 is 24.2 Å². The van der Waals surface area contributed by atoms with E-state index < -0.39 is 11.9 Å². The summed E-state index contributed by atoms with van der Waals surface area (Å²) in [5.74, 6) is -0.743. The van der Waals surface area contributed by atoms with Crippen molar-refractivity contribution in [2.45, 2.75) is 13.5 Å². The highest BCUT2D eigenvalue weighted by molar-refractivity contribution is 6.30. The fourth-order valence-corrected chi connectivity index (χ4v) is 2.27. The molecule has 0 saturated heterocycles. The van der Waals surface area contributed by atoms with E-state index in [1.807, 2.05) is 12.1 Å². The Morgan fingerprint density at radius 3 is 2.42 bits per heavy atom. The molecule has 2 rings (SSSR count). The van der Waals surface area contributed by atoms with Gasteiger partial charge in [0.2, 0.25) is 5.91 Å². The van der Waals surface area contributed by atoms with Crippen molar-refractivity contribution in [1.29, 1.82) is 0 Å². The maximum absolute atomic E-state index is 11.2. The van der Waals surface area contributed by atoms with Gasteiger partial charge in [0.15, 0.2) is 11.5 Å². The number of carboxylic acids is 1. The van der Waals surface area contributed by atoms with Crippen LogP contribution in [0.25, 0.3) is 6.08 Å². The maximum atomic E-state index is 11.2. The second-order valence-electron chi connectivity index (χ2n) is 5.37. The van der Waals surface area contributed by atoms with Crippen molar-refractivity contribution in [2.75, 3.05) is 7.11 Å². The molecule has 26 heavy (non-hydrogen) atoms. The highest BCUT2D eigenvalue weighted by atomic mass is 35.5. The summed E-state index contributed by atoms with van der Waals surface area (Å²) in [5.41, 5.74) is 1.26. The third-order valence-corrected chi connectivity index (χ3v) is 3.60. The maximum Gasteiger partial charge on any atom is 0.352 e. The molecule has 0 aliphatic heterocycles. The van der Waals surface area contributed by atoms with E-state index in [-0.39, 0.29) is 5.70 Å². The molecule has 0 saturated carbocycles. The SMILES string of the molecule is COc1cc(/C=C(/NC(C)=O)C(=O)O)ccc1OCc1ccc(Cl)cc1. The Balaban J connectivity index is 2.19. The average molecular weight is 376 g/mol. The predicted molar refractivity (Wildman–Crippen MR) is 98.2 cm³/mol. The summed E-state index contributed by atoms with van der Waals surface area (Å²) in [6.45, 7) is 1.57. The van der Waals surface area contributed by atoms with Gasteiger partial charge in [0.1, 0.15) is 12.3 Å². The summed E-state index contributed by atoms with van der Waals surface area (Å²) in [6, 6.07) is 12.2. The molecule has 136 valence electrons. The zero-order chi connectivity index (χ0) is 19.1. The van der Waals surface area contributed by atoms with Crippen LogP contribution in [0.3, 0.4) is 0 Å². The second kappa shape index (κ2) is 8.92. The first-order chi connectivity index (χ1) is 12.4. The molecule has 0 unspecified atom stereocenters. The number of rotatable bonds is 7. The molecule has 0 aromatic heterocycles. The summed E-state index contributed by atoms with van der Waals surface area (Å²) in [5, 5.41) is 12.1. The van der Waals surface area contributed by atoms with Crippen LogP contribution in [0.5, 0.6) is 11.5 Å². The molecule has 0 fully saturated rings. The van der Waals surface area contributed by atoms with Gasteiger partial charge in [-0.2, -0.15) is 0 Å². The minimum atomic E-state index is -1.23. The molecular weight excluding hydrogens is 358 g/mol. The van der Waals surface area contributed by atoms with Crippen molar-refractivity contribution in [3.05, 3.63) is 64.3 Å². The van der Waals surface area contributed by atoms with Crippen molar-refractivity contribution in [3.63, 3.8) is 0 Å². The highest BCUT2D eigenvalue weighted by Gasteiger charge is 2.11. The Hall–Kier alpha value is -2.99. The van der Waals surface area contributed by atoms with E-state index in [0.717, 1.165) is 5.56 Å². The molecule has 0 heterocycles. The monoisotopic (exact) mass is 375 g/mol. The molecule has 6 nitrogen and oxygen atoms in total. The van der Waals surface area contributed by atoms with Crippen molar-refractivity contribution >= 4 is 29.6 Å². The predicted octanol–water partition coefficient (Wildman–Crippen LogP) is 3.49. The molecule has 7 heteroatoms. The Morgan fingerprint density at radius 2 is 1.85 bits per heavy atom. The fourth-order valence-electron chi connectivity index (χ4n) is 2.14. The first kappa shape index (κ1) is 19.3. The summed E-state index contributed by atoms with van der Waals surface area (Å²) in [4.78, 5) is 22.3. The molecule has 0 spiro atoms. The van der Waals surface area contributed by atoms with Crippen LogP contribution in [0, 0.1) is 0 Å². The van der Waals surface area contributed by atoms with E-state index in [0.29, 0.717) is 28.7 Å². The Morgan fingerprint density at radius 1 is 1.15 bits per heavy atom. The molecular formula is C19H18ClNO5. The number of carboxylic acid groups (broad SMARTS) is 1. The number of halogens is 1. The van der Waals surface area contributed by atoms with Gasteiger partial charge in [0.05, 0.1) is 7.11 Å². The number of benzene rings is 2. The Labute approximate surface area is 156 Å². The van der Waals surface area contributed by atoms with Gasteiger partial charge < -0.3 is 19.9 Å². The van der Waals surface area contributed by atoms with Gasteiger partial charge in [-0.1, -0.05) is 29.8 Å². The molecule has 2 aromatic rings. The van der Waals surface area contributed by atoms with Crippen LogP contribution in [0.4, 0.5) is 0 Å². The second-order valence-corrected chi connectivity index (χ2v) is 5.81. The van der Waals surface area contributed by atoms with Gasteiger partial charge in [-0.05, 0) is 41.5 Å². The first-order valence-corrected chi connectivity index (χ1v) is 8.04. The third kappa shape index (κ3) is 5.53. The van der Waals surface area contributed by atoms with Crippen LogP contribution in [-0.4, -0.2) is 24.1 Å². The molecule has 0 aliphatic carbocycles. The smallest absolute Gasteiger partial charge is 0.352 e. The zero-order valence-electron chi connectivity index (χ0n) is 14.3. The van der Waals surface area contributed by atoms with Gasteiger partial charge in [0, 0.05) is 11.9 Å². The van der Waals surface area contributed by atoms with E-state index in [2.05, 4.69) is 5.32 Å². The van der Waals surface area contributed by atoms with Crippen LogP contribution in [0.15, 0.2) is 48.2 Å². The number of hydrogen-bond donors (Lipinski definition) is 2. The summed E-state index contributed by atoms with van der Waals surface area (Å²) < 4.78 is 11.1. The third-order valence-electron chi connectivity index (χ3n) is 3.35. The lowest BCUT2D eigenvalue weighted by molar-refractivity contribution is -0.134. The van der Waals surface area contributed by atoms with E-state index in [9.17, 15) is 9.59 Å². The number of carbonyl (C=O) groups excluding carboxylic acids is 1. The number of amides is 1. The number of hydrogen-bond acceptors (Lipinski definition) is 4.